The van der Waals surface area contributed by atoms with Gasteiger partial charge in [-0.25, -0.2) is 0 Å². The number of halogens is 1. The van der Waals surface area contributed by atoms with Crippen molar-refractivity contribution in [3.8, 4) is 0 Å². The van der Waals surface area contributed by atoms with Gasteiger partial charge in [0.15, 0.2) is 0 Å². The van der Waals surface area contributed by atoms with Crippen molar-refractivity contribution in [2.75, 3.05) is 46.4 Å². The minimum Gasteiger partial charge on any atom is -0.396 e. The van der Waals surface area contributed by atoms with E-state index in [4.69, 9.17) is 16.7 Å². The van der Waals surface area contributed by atoms with Crippen LogP contribution in [0.3, 0.4) is 0 Å². The predicted octanol–water partition coefficient (Wildman–Crippen LogP) is 2.10. The number of hydrogen-bond donors (Lipinski definition) is 2. The molecular weight excluding hydrogens is 352 g/mol. The fourth-order valence-electron chi connectivity index (χ4n) is 3.81. The summed E-state index contributed by atoms with van der Waals surface area (Å²) >= 11 is 6.27. The summed E-state index contributed by atoms with van der Waals surface area (Å²) in [6.45, 7) is 2.65. The molecule has 2 aromatic rings. The zero-order valence-electron chi connectivity index (χ0n) is 14.9. The second-order valence-electron chi connectivity index (χ2n) is 7.04. The summed E-state index contributed by atoms with van der Waals surface area (Å²) in [6.07, 6.45) is 0. The van der Waals surface area contributed by atoms with Crippen molar-refractivity contribution in [1.82, 2.24) is 9.80 Å². The van der Waals surface area contributed by atoms with Crippen LogP contribution in [0.2, 0.25) is 5.02 Å². The van der Waals surface area contributed by atoms with Crippen molar-refractivity contribution in [3.63, 3.8) is 0 Å². The Morgan fingerprint density at radius 2 is 1.85 bits per heavy atom. The molecule has 2 N–H and O–H groups in total. The smallest absolute Gasteiger partial charge is 0.254 e. The van der Waals surface area contributed by atoms with E-state index in [2.05, 4.69) is 0 Å². The molecule has 2 aromatic carbocycles. The Kier molecular flexibility index (Phi) is 6.14. The highest BCUT2D eigenvalue weighted by Gasteiger charge is 2.35. The van der Waals surface area contributed by atoms with Gasteiger partial charge in [0.05, 0.1) is 6.61 Å². The lowest BCUT2D eigenvalue weighted by Crippen LogP contribution is -2.33. The Hall–Kier alpha value is -1.66. The van der Waals surface area contributed by atoms with Gasteiger partial charge in [-0.1, -0.05) is 35.9 Å². The number of carbonyl (C=O) groups is 1. The third-order valence-corrected chi connectivity index (χ3v) is 5.55. The first-order valence-electron chi connectivity index (χ1n) is 8.92. The molecule has 1 amide bonds. The maximum atomic E-state index is 13.1. The molecule has 0 saturated carbocycles. The number of likely N-dealkylation sites (tertiary alicyclic amines) is 1. The highest BCUT2D eigenvalue weighted by atomic mass is 35.5. The molecular formula is C20H25ClN2O3. The van der Waals surface area contributed by atoms with Gasteiger partial charge >= 0.3 is 0 Å². The molecule has 0 aliphatic carbocycles. The number of aliphatic hydroxyl groups is 2. The molecule has 0 spiro atoms. The number of amides is 1. The first kappa shape index (κ1) is 19.1. The molecule has 0 radical (unpaired) electrons. The molecule has 1 aliphatic rings. The van der Waals surface area contributed by atoms with Crippen molar-refractivity contribution in [2.45, 2.75) is 0 Å². The average molecular weight is 377 g/mol. The highest BCUT2D eigenvalue weighted by molar-refractivity contribution is 6.36. The Labute approximate surface area is 158 Å². The quantitative estimate of drug-likeness (QED) is 0.810. The molecule has 2 atom stereocenters. The number of nitrogens with zero attached hydrogens (tertiary/aromatic N) is 2. The summed E-state index contributed by atoms with van der Waals surface area (Å²) in [6, 6.07) is 11.2. The standard InChI is InChI=1S/C20H25ClN2O3/c1-22(8-9-24)10-14-11-23(12-15(14)13-25)20(26)18-6-2-5-17-16(18)4-3-7-19(17)21/h2-7,14-15,24-25H,8-13H2,1H3/t14-,15-/m1/s1. The van der Waals surface area contributed by atoms with Crippen LogP contribution in [0.25, 0.3) is 10.8 Å². The van der Waals surface area contributed by atoms with Crippen molar-refractivity contribution in [2.24, 2.45) is 11.8 Å². The van der Waals surface area contributed by atoms with E-state index >= 15 is 0 Å². The van der Waals surface area contributed by atoms with Gasteiger partial charge in [0.25, 0.3) is 5.91 Å². The van der Waals surface area contributed by atoms with Crippen molar-refractivity contribution >= 4 is 28.3 Å². The summed E-state index contributed by atoms with van der Waals surface area (Å²) in [5, 5.41) is 21.2. The van der Waals surface area contributed by atoms with Gasteiger partial charge in [-0.05, 0) is 30.5 Å². The fourth-order valence-corrected chi connectivity index (χ4v) is 4.05. The number of hydrogen-bond acceptors (Lipinski definition) is 4. The van der Waals surface area contributed by atoms with Gasteiger partial charge < -0.3 is 20.0 Å². The van der Waals surface area contributed by atoms with Gasteiger partial charge in [-0.3, -0.25) is 4.79 Å². The lowest BCUT2D eigenvalue weighted by molar-refractivity contribution is 0.0781. The highest BCUT2D eigenvalue weighted by Crippen LogP contribution is 2.30. The normalized spacial score (nSPS) is 20.3. The van der Waals surface area contributed by atoms with Crippen LogP contribution in [0, 0.1) is 11.8 Å². The lowest BCUT2D eigenvalue weighted by atomic mass is 9.96. The number of fused-ring (bicyclic) bond motifs is 1. The van der Waals surface area contributed by atoms with Crippen LogP contribution in [0.4, 0.5) is 0 Å². The molecule has 1 heterocycles. The minimum atomic E-state index is -0.0244. The number of aliphatic hydroxyl groups excluding tert-OH is 2. The lowest BCUT2D eigenvalue weighted by Gasteiger charge is -2.23. The van der Waals surface area contributed by atoms with Crippen LogP contribution >= 0.6 is 11.6 Å². The number of carbonyl (C=O) groups excluding carboxylic acids is 1. The molecule has 0 bridgehead atoms. The van der Waals surface area contributed by atoms with Gasteiger partial charge in [-0.2, -0.15) is 0 Å². The molecule has 0 aromatic heterocycles. The summed E-state index contributed by atoms with van der Waals surface area (Å²) in [4.78, 5) is 17.0. The van der Waals surface area contributed by atoms with E-state index in [0.717, 1.165) is 17.3 Å². The predicted molar refractivity (Wildman–Crippen MR) is 104 cm³/mol. The van der Waals surface area contributed by atoms with Crippen LogP contribution in [-0.2, 0) is 0 Å². The largest absolute Gasteiger partial charge is 0.396 e. The Balaban J connectivity index is 1.82. The molecule has 3 rings (SSSR count). The number of likely N-dealkylation sites (N-methyl/N-ethyl adjacent to an activating group) is 1. The summed E-state index contributed by atoms with van der Waals surface area (Å²) < 4.78 is 0. The zero-order chi connectivity index (χ0) is 18.7. The van der Waals surface area contributed by atoms with E-state index in [1.165, 1.54) is 0 Å². The van der Waals surface area contributed by atoms with Crippen molar-refractivity contribution < 1.29 is 15.0 Å². The molecule has 0 unspecified atom stereocenters. The molecule has 5 nitrogen and oxygen atoms in total. The van der Waals surface area contributed by atoms with E-state index in [-0.39, 0.29) is 31.0 Å². The van der Waals surface area contributed by atoms with Gasteiger partial charge in [0.1, 0.15) is 0 Å². The molecule has 26 heavy (non-hydrogen) atoms. The van der Waals surface area contributed by atoms with Crippen LogP contribution < -0.4 is 0 Å². The van der Waals surface area contributed by atoms with Crippen LogP contribution in [0.15, 0.2) is 36.4 Å². The van der Waals surface area contributed by atoms with Gasteiger partial charge in [-0.15, -0.1) is 0 Å². The van der Waals surface area contributed by atoms with E-state index in [9.17, 15) is 9.90 Å². The first-order chi connectivity index (χ1) is 12.5. The van der Waals surface area contributed by atoms with Crippen molar-refractivity contribution in [3.05, 3.63) is 47.0 Å². The molecule has 1 fully saturated rings. The average Bonchev–Trinajstić information content (AvgIpc) is 3.04. The van der Waals surface area contributed by atoms with Crippen LogP contribution in [0.5, 0.6) is 0 Å². The maximum absolute atomic E-state index is 13.1. The van der Waals surface area contributed by atoms with Crippen LogP contribution in [-0.4, -0.2) is 72.4 Å². The summed E-state index contributed by atoms with van der Waals surface area (Å²) in [5.74, 6) is 0.223. The van der Waals surface area contributed by atoms with E-state index in [1.54, 1.807) is 0 Å². The first-order valence-corrected chi connectivity index (χ1v) is 9.29. The zero-order valence-corrected chi connectivity index (χ0v) is 15.7. The summed E-state index contributed by atoms with van der Waals surface area (Å²) in [5.41, 5.74) is 0.644. The fraction of sp³-hybridized carbons (Fsp3) is 0.450. The van der Waals surface area contributed by atoms with E-state index in [0.29, 0.717) is 30.2 Å². The van der Waals surface area contributed by atoms with Gasteiger partial charge in [0.2, 0.25) is 0 Å². The minimum absolute atomic E-state index is 0.0244. The SMILES string of the molecule is CN(CCO)C[C@@H]1CN(C(=O)c2cccc3c(Cl)cccc23)C[C@@H]1CO. The molecule has 1 aliphatic heterocycles. The van der Waals surface area contributed by atoms with Crippen LogP contribution in [0.1, 0.15) is 10.4 Å². The second-order valence-corrected chi connectivity index (χ2v) is 7.45. The Morgan fingerprint density at radius 1 is 1.15 bits per heavy atom. The Bertz CT molecular complexity index is 783. The number of benzene rings is 2. The third kappa shape index (κ3) is 3.86. The monoisotopic (exact) mass is 376 g/mol. The summed E-state index contributed by atoms with van der Waals surface area (Å²) in [7, 11) is 1.95. The third-order valence-electron chi connectivity index (χ3n) is 5.23. The molecule has 6 heteroatoms. The molecule has 1 saturated heterocycles. The number of rotatable bonds is 6. The van der Waals surface area contributed by atoms with Gasteiger partial charge in [0, 0.05) is 54.7 Å². The van der Waals surface area contributed by atoms with E-state index < -0.39 is 0 Å². The Morgan fingerprint density at radius 3 is 2.58 bits per heavy atom. The second kappa shape index (κ2) is 8.35. The molecule has 140 valence electrons. The van der Waals surface area contributed by atoms with Crippen molar-refractivity contribution in [1.29, 1.82) is 0 Å². The topological polar surface area (TPSA) is 64.0 Å². The maximum Gasteiger partial charge on any atom is 0.254 e. The van der Waals surface area contributed by atoms with E-state index in [1.807, 2.05) is 53.2 Å².